The third kappa shape index (κ3) is 4.74. The van der Waals surface area contributed by atoms with Crippen molar-refractivity contribution in [2.24, 2.45) is 0 Å². The highest BCUT2D eigenvalue weighted by atomic mass is 19.1. The Morgan fingerprint density at radius 1 is 1.03 bits per heavy atom. The van der Waals surface area contributed by atoms with Crippen LogP contribution in [0.3, 0.4) is 0 Å². The summed E-state index contributed by atoms with van der Waals surface area (Å²) < 4.78 is 26.2. The van der Waals surface area contributed by atoms with Crippen LogP contribution in [0, 0.1) is 12.7 Å². The second-order valence-corrected chi connectivity index (χ2v) is 9.36. The molecule has 2 heterocycles. The van der Waals surface area contributed by atoms with Crippen LogP contribution in [0.5, 0.6) is 0 Å². The number of likely N-dealkylation sites (tertiary alicyclic amines) is 1. The fourth-order valence-electron chi connectivity index (χ4n) is 5.19. The molecule has 1 aliphatic carbocycles. The number of rotatable bonds is 6. The number of hydrogen-bond donors (Lipinski definition) is 0. The van der Waals surface area contributed by atoms with Gasteiger partial charge in [0, 0.05) is 19.6 Å². The second-order valence-electron chi connectivity index (χ2n) is 9.36. The summed E-state index contributed by atoms with van der Waals surface area (Å²) in [6, 6.07) is 18.9. The number of halogens is 2. The van der Waals surface area contributed by atoms with E-state index in [0.717, 1.165) is 55.7 Å². The Hall–Kier alpha value is -3.11. The molecule has 0 radical (unpaired) electrons. The zero-order chi connectivity index (χ0) is 23.5. The molecule has 5 rings (SSSR count). The van der Waals surface area contributed by atoms with E-state index in [0.29, 0.717) is 6.42 Å². The van der Waals surface area contributed by atoms with E-state index in [1.54, 1.807) is 6.07 Å². The Bertz CT molecular complexity index is 1230. The van der Waals surface area contributed by atoms with Gasteiger partial charge in [-0.2, -0.15) is 0 Å². The Kier molecular flexibility index (Phi) is 6.68. The molecule has 0 spiro atoms. The van der Waals surface area contributed by atoms with Crippen molar-refractivity contribution in [3.05, 3.63) is 106 Å². The smallest absolute Gasteiger partial charge is 0.141 e. The number of fused-ring (bicyclic) bond motifs is 1. The van der Waals surface area contributed by atoms with Gasteiger partial charge in [0.05, 0.1) is 18.6 Å². The second kappa shape index (κ2) is 10.0. The Labute approximate surface area is 200 Å². The summed E-state index contributed by atoms with van der Waals surface area (Å²) in [7, 11) is 0. The number of aromatic nitrogens is 1. The van der Waals surface area contributed by atoms with Crippen LogP contribution in [0.2, 0.25) is 0 Å². The number of pyridine rings is 1. The molecule has 4 heteroatoms. The van der Waals surface area contributed by atoms with Crippen LogP contribution in [0.25, 0.3) is 17.2 Å². The maximum Gasteiger partial charge on any atom is 0.141 e. The van der Waals surface area contributed by atoms with Gasteiger partial charge >= 0.3 is 0 Å². The predicted molar refractivity (Wildman–Crippen MR) is 136 cm³/mol. The lowest BCUT2D eigenvalue weighted by atomic mass is 9.88. The van der Waals surface area contributed by atoms with Crippen molar-refractivity contribution < 1.29 is 8.78 Å². The summed E-state index contributed by atoms with van der Waals surface area (Å²) in [6.45, 7) is 4.39. The van der Waals surface area contributed by atoms with E-state index in [2.05, 4.69) is 64.5 Å². The molecule has 3 aromatic rings. The zero-order valence-electron chi connectivity index (χ0n) is 19.7. The first-order valence-corrected chi connectivity index (χ1v) is 12.1. The maximum atomic E-state index is 13.8. The van der Waals surface area contributed by atoms with Gasteiger partial charge in [-0.15, -0.1) is 0 Å². The average molecular weight is 457 g/mol. The van der Waals surface area contributed by atoms with Gasteiger partial charge in [0.25, 0.3) is 0 Å². The molecule has 2 aliphatic rings. The van der Waals surface area contributed by atoms with Gasteiger partial charge in [-0.25, -0.2) is 4.39 Å². The zero-order valence-corrected chi connectivity index (χ0v) is 19.7. The molecule has 0 atom stereocenters. The van der Waals surface area contributed by atoms with Crippen molar-refractivity contribution in [2.45, 2.75) is 32.6 Å². The molecule has 0 amide bonds. The van der Waals surface area contributed by atoms with Crippen LogP contribution < -0.4 is 0 Å². The Balaban J connectivity index is 1.52. The number of allylic oxidation sites excluding steroid dienone is 1. The molecule has 2 nitrogen and oxygen atoms in total. The summed E-state index contributed by atoms with van der Waals surface area (Å²) in [5.74, 6) is -0.297. The van der Waals surface area contributed by atoms with E-state index in [1.807, 2.05) is 6.92 Å². The van der Waals surface area contributed by atoms with Crippen LogP contribution in [0.1, 0.15) is 52.8 Å². The fourth-order valence-corrected chi connectivity index (χ4v) is 5.19. The first-order valence-electron chi connectivity index (χ1n) is 12.1. The van der Waals surface area contributed by atoms with Crippen LogP contribution >= 0.6 is 0 Å². The highest BCUT2D eigenvalue weighted by Gasteiger charge is 2.22. The van der Waals surface area contributed by atoms with E-state index >= 15 is 0 Å². The van der Waals surface area contributed by atoms with Crippen molar-refractivity contribution in [3.63, 3.8) is 0 Å². The van der Waals surface area contributed by atoms with Crippen LogP contribution in [-0.4, -0.2) is 36.2 Å². The molecule has 174 valence electrons. The molecule has 2 aromatic carbocycles. The van der Waals surface area contributed by atoms with Gasteiger partial charge in [-0.1, -0.05) is 54.6 Å². The van der Waals surface area contributed by atoms with E-state index < -0.39 is 0 Å². The van der Waals surface area contributed by atoms with E-state index in [-0.39, 0.29) is 12.5 Å². The average Bonchev–Trinajstić information content (AvgIpc) is 3.00. The topological polar surface area (TPSA) is 16.1 Å². The van der Waals surface area contributed by atoms with E-state index in [4.69, 9.17) is 0 Å². The molecule has 0 unspecified atom stereocenters. The first-order chi connectivity index (χ1) is 16.6. The van der Waals surface area contributed by atoms with Crippen molar-refractivity contribution >= 4 is 17.2 Å². The van der Waals surface area contributed by atoms with Crippen molar-refractivity contribution in [1.82, 2.24) is 9.88 Å². The van der Waals surface area contributed by atoms with Crippen molar-refractivity contribution in [3.8, 4) is 0 Å². The Morgan fingerprint density at radius 3 is 2.59 bits per heavy atom. The number of aryl methyl sites for hydroxylation is 2. The van der Waals surface area contributed by atoms with Gasteiger partial charge < -0.3 is 0 Å². The summed E-state index contributed by atoms with van der Waals surface area (Å²) >= 11 is 0. The van der Waals surface area contributed by atoms with Crippen LogP contribution in [0.4, 0.5) is 8.78 Å². The summed E-state index contributed by atoms with van der Waals surface area (Å²) in [4.78, 5) is 6.80. The van der Waals surface area contributed by atoms with Crippen molar-refractivity contribution in [2.75, 3.05) is 26.3 Å². The minimum atomic E-state index is -0.297. The Morgan fingerprint density at radius 2 is 1.82 bits per heavy atom. The first kappa shape index (κ1) is 22.7. The largest absolute Gasteiger partial charge is 0.295 e. The highest BCUT2D eigenvalue weighted by Crippen LogP contribution is 2.40. The molecule has 1 fully saturated rings. The lowest BCUT2D eigenvalue weighted by molar-refractivity contribution is 0.239. The number of hydrogen-bond acceptors (Lipinski definition) is 2. The van der Waals surface area contributed by atoms with Gasteiger partial charge in [-0.3, -0.25) is 14.3 Å². The van der Waals surface area contributed by atoms with Gasteiger partial charge in [-0.05, 0) is 83.2 Å². The normalized spacial score (nSPS) is 16.1. The third-order valence-corrected chi connectivity index (χ3v) is 6.82. The van der Waals surface area contributed by atoms with Gasteiger partial charge in [0.2, 0.25) is 0 Å². The number of nitrogens with zero attached hydrogens (tertiary/aromatic N) is 2. The molecule has 0 bridgehead atoms. The quantitative estimate of drug-likeness (QED) is 0.402. The van der Waals surface area contributed by atoms with Crippen LogP contribution in [0.15, 0.2) is 66.4 Å². The SMILES string of the molecule is Cc1cc(F)cnc1C1=C(c2ccc(C=C3CN(CCCF)C3)cc2)c2ccccc2CCC1. The fraction of sp³-hybridized carbons (Fsp3) is 0.300. The minimum absolute atomic E-state index is 0.245. The monoisotopic (exact) mass is 456 g/mol. The van der Waals surface area contributed by atoms with E-state index in [9.17, 15) is 8.78 Å². The summed E-state index contributed by atoms with van der Waals surface area (Å²) in [5, 5.41) is 0. The molecule has 1 aliphatic heterocycles. The molecule has 1 aromatic heterocycles. The van der Waals surface area contributed by atoms with Gasteiger partial charge in [0.1, 0.15) is 5.82 Å². The molecular formula is C30H30F2N2. The molecule has 0 N–H and O–H groups in total. The highest BCUT2D eigenvalue weighted by molar-refractivity contribution is 5.99. The molecule has 34 heavy (non-hydrogen) atoms. The van der Waals surface area contributed by atoms with Crippen molar-refractivity contribution in [1.29, 1.82) is 0 Å². The summed E-state index contributed by atoms with van der Waals surface area (Å²) in [6.07, 6.45) is 7.16. The van der Waals surface area contributed by atoms with Gasteiger partial charge in [0.15, 0.2) is 0 Å². The summed E-state index contributed by atoms with van der Waals surface area (Å²) in [5.41, 5.74) is 10.5. The lowest BCUT2D eigenvalue weighted by Gasteiger charge is -2.33. The lowest BCUT2D eigenvalue weighted by Crippen LogP contribution is -2.40. The molecule has 0 saturated carbocycles. The third-order valence-electron chi connectivity index (χ3n) is 6.82. The maximum absolute atomic E-state index is 13.8. The van der Waals surface area contributed by atoms with E-state index in [1.165, 1.54) is 39.6 Å². The predicted octanol–water partition coefficient (Wildman–Crippen LogP) is 6.88. The molecule has 1 saturated heterocycles. The standard InChI is InChI=1S/C30H30F2N2/c1-21-16-26(32)18-33-30(21)28-9-4-7-24-6-2-3-8-27(24)29(28)25-12-10-22(11-13-25)17-23-19-34(20-23)15-5-14-31/h2-3,6,8,10-13,16-18H,4-5,7,9,14-15,19-20H2,1H3. The minimum Gasteiger partial charge on any atom is -0.295 e. The molecular weight excluding hydrogens is 426 g/mol. The number of benzene rings is 2. The number of alkyl halides is 1. The van der Waals surface area contributed by atoms with Crippen LogP contribution in [-0.2, 0) is 6.42 Å².